The molecule has 4 rings (SSSR count). The zero-order valence-electron chi connectivity index (χ0n) is 18.3. The number of likely N-dealkylation sites (tertiary alicyclic amines) is 1. The summed E-state index contributed by atoms with van der Waals surface area (Å²) in [4.78, 5) is 28.2. The predicted molar refractivity (Wildman–Crippen MR) is 124 cm³/mol. The Balaban J connectivity index is 1.54. The molecule has 31 heavy (non-hydrogen) atoms. The van der Waals surface area contributed by atoms with Gasteiger partial charge in [-0.3, -0.25) is 9.59 Å². The first kappa shape index (κ1) is 20.9. The Hall–Kier alpha value is -3.34. The van der Waals surface area contributed by atoms with Gasteiger partial charge in [0.25, 0.3) is 5.91 Å². The van der Waals surface area contributed by atoms with Crippen molar-refractivity contribution < 1.29 is 14.3 Å². The third-order valence-electron chi connectivity index (χ3n) is 6.28. The number of aryl methyl sites for hydroxylation is 1. The highest BCUT2D eigenvalue weighted by Crippen LogP contribution is 2.30. The maximum absolute atomic E-state index is 13.4. The first-order valence-corrected chi connectivity index (χ1v) is 10.7. The van der Waals surface area contributed by atoms with E-state index in [0.29, 0.717) is 18.7 Å². The molecular weight excluding hydrogens is 388 g/mol. The van der Waals surface area contributed by atoms with Gasteiger partial charge in [0, 0.05) is 29.7 Å². The number of methoxy groups -OCH3 is 1. The third kappa shape index (κ3) is 4.13. The fourth-order valence-corrected chi connectivity index (χ4v) is 4.30. The molecule has 0 bridgehead atoms. The van der Waals surface area contributed by atoms with Crippen molar-refractivity contribution in [1.29, 1.82) is 0 Å². The van der Waals surface area contributed by atoms with Crippen LogP contribution in [0.25, 0.3) is 10.8 Å². The summed E-state index contributed by atoms with van der Waals surface area (Å²) in [5.41, 5.74) is 3.70. The molecule has 1 N–H and O–H groups in total. The van der Waals surface area contributed by atoms with E-state index >= 15 is 0 Å². The summed E-state index contributed by atoms with van der Waals surface area (Å²) in [7, 11) is 1.63. The van der Waals surface area contributed by atoms with E-state index in [0.717, 1.165) is 46.2 Å². The minimum Gasteiger partial charge on any atom is -0.496 e. The van der Waals surface area contributed by atoms with Crippen LogP contribution < -0.4 is 10.1 Å². The van der Waals surface area contributed by atoms with Gasteiger partial charge in [-0.1, -0.05) is 36.4 Å². The number of rotatable bonds is 4. The normalized spacial score (nSPS) is 16.2. The number of hydrogen-bond acceptors (Lipinski definition) is 3. The molecule has 5 nitrogen and oxygen atoms in total. The van der Waals surface area contributed by atoms with Crippen molar-refractivity contribution in [3.63, 3.8) is 0 Å². The van der Waals surface area contributed by atoms with Crippen molar-refractivity contribution in [1.82, 2.24) is 4.90 Å². The summed E-state index contributed by atoms with van der Waals surface area (Å²) in [6.07, 6.45) is 1.59. The lowest BCUT2D eigenvalue weighted by Gasteiger charge is -2.32. The number of nitrogens with zero attached hydrogens (tertiary/aromatic N) is 1. The second kappa shape index (κ2) is 8.80. The molecule has 1 saturated heterocycles. The van der Waals surface area contributed by atoms with Crippen LogP contribution in [-0.4, -0.2) is 36.9 Å². The van der Waals surface area contributed by atoms with Gasteiger partial charge in [-0.2, -0.15) is 0 Å². The number of nitrogens with one attached hydrogen (secondary N) is 1. The van der Waals surface area contributed by atoms with E-state index in [1.807, 2.05) is 73.3 Å². The van der Waals surface area contributed by atoms with Crippen molar-refractivity contribution in [3.8, 4) is 5.75 Å². The van der Waals surface area contributed by atoms with Gasteiger partial charge in [0.1, 0.15) is 5.75 Å². The van der Waals surface area contributed by atoms with Gasteiger partial charge in [0.2, 0.25) is 5.91 Å². The number of amides is 2. The lowest BCUT2D eigenvalue weighted by Crippen LogP contribution is -2.43. The first-order chi connectivity index (χ1) is 15.0. The standard InChI is InChI=1S/C26H28N2O3/c1-17-8-6-12-23(18(17)2)27-25(29)19-9-7-15-28(16-19)26(30)22-13-14-24(31-3)21-11-5-4-10-20(21)22/h4-6,8,10-14,19H,7,9,15-16H2,1-3H3,(H,27,29)/t19-/m0/s1. The Morgan fingerprint density at radius 1 is 1.00 bits per heavy atom. The third-order valence-corrected chi connectivity index (χ3v) is 6.28. The largest absolute Gasteiger partial charge is 0.496 e. The summed E-state index contributed by atoms with van der Waals surface area (Å²) in [5, 5.41) is 4.85. The van der Waals surface area contributed by atoms with Crippen LogP contribution in [0.3, 0.4) is 0 Å². The molecule has 0 radical (unpaired) electrons. The number of carbonyl (C=O) groups excluding carboxylic acids is 2. The maximum atomic E-state index is 13.4. The Morgan fingerprint density at radius 3 is 2.55 bits per heavy atom. The van der Waals surface area contributed by atoms with Crippen molar-refractivity contribution in [2.24, 2.45) is 5.92 Å². The van der Waals surface area contributed by atoms with Crippen molar-refractivity contribution in [3.05, 3.63) is 71.3 Å². The predicted octanol–water partition coefficient (Wildman–Crippen LogP) is 4.96. The van der Waals surface area contributed by atoms with E-state index in [1.54, 1.807) is 7.11 Å². The fraction of sp³-hybridized carbons (Fsp3) is 0.308. The van der Waals surface area contributed by atoms with E-state index in [4.69, 9.17) is 4.74 Å². The molecule has 0 aromatic heterocycles. The van der Waals surface area contributed by atoms with Crippen LogP contribution in [0.5, 0.6) is 5.75 Å². The van der Waals surface area contributed by atoms with Crippen LogP contribution >= 0.6 is 0 Å². The van der Waals surface area contributed by atoms with Crippen LogP contribution in [0, 0.1) is 19.8 Å². The quantitative estimate of drug-likeness (QED) is 0.654. The molecule has 3 aromatic carbocycles. The monoisotopic (exact) mass is 416 g/mol. The summed E-state index contributed by atoms with van der Waals surface area (Å²) in [5.74, 6) is 0.465. The highest BCUT2D eigenvalue weighted by molar-refractivity contribution is 6.08. The molecule has 3 aromatic rings. The fourth-order valence-electron chi connectivity index (χ4n) is 4.30. The molecule has 0 unspecified atom stereocenters. The van der Waals surface area contributed by atoms with Gasteiger partial charge < -0.3 is 15.0 Å². The Labute approximate surface area is 183 Å². The van der Waals surface area contributed by atoms with E-state index in [-0.39, 0.29) is 17.7 Å². The smallest absolute Gasteiger partial charge is 0.254 e. The Kier molecular flexibility index (Phi) is 5.94. The number of carbonyl (C=O) groups is 2. The number of piperidine rings is 1. The zero-order chi connectivity index (χ0) is 22.0. The molecule has 1 fully saturated rings. The summed E-state index contributed by atoms with van der Waals surface area (Å²) in [6.45, 7) is 5.13. The van der Waals surface area contributed by atoms with Gasteiger partial charge in [-0.15, -0.1) is 0 Å². The van der Waals surface area contributed by atoms with Crippen LogP contribution in [0.1, 0.15) is 34.3 Å². The topological polar surface area (TPSA) is 58.6 Å². The summed E-state index contributed by atoms with van der Waals surface area (Å²) < 4.78 is 5.45. The molecule has 1 aliphatic heterocycles. The number of fused-ring (bicyclic) bond motifs is 1. The Morgan fingerprint density at radius 2 is 1.77 bits per heavy atom. The SMILES string of the molecule is COc1ccc(C(=O)N2CCC[C@H](C(=O)Nc3cccc(C)c3C)C2)c2ccccc12. The second-order valence-corrected chi connectivity index (χ2v) is 8.19. The highest BCUT2D eigenvalue weighted by atomic mass is 16.5. The molecular formula is C26H28N2O3. The molecule has 1 aliphatic rings. The lowest BCUT2D eigenvalue weighted by atomic mass is 9.95. The summed E-state index contributed by atoms with van der Waals surface area (Å²) in [6, 6.07) is 17.3. The van der Waals surface area contributed by atoms with Gasteiger partial charge in [0.05, 0.1) is 13.0 Å². The first-order valence-electron chi connectivity index (χ1n) is 10.7. The van der Waals surface area contributed by atoms with Crippen molar-refractivity contribution >= 4 is 28.3 Å². The van der Waals surface area contributed by atoms with E-state index in [1.165, 1.54) is 0 Å². The highest BCUT2D eigenvalue weighted by Gasteiger charge is 2.30. The van der Waals surface area contributed by atoms with E-state index in [9.17, 15) is 9.59 Å². The molecule has 5 heteroatoms. The van der Waals surface area contributed by atoms with Gasteiger partial charge >= 0.3 is 0 Å². The van der Waals surface area contributed by atoms with Gasteiger partial charge in [0.15, 0.2) is 0 Å². The molecule has 1 atom stereocenters. The zero-order valence-corrected chi connectivity index (χ0v) is 18.3. The molecule has 0 spiro atoms. The number of hydrogen-bond donors (Lipinski definition) is 1. The molecule has 160 valence electrons. The minimum atomic E-state index is -0.220. The maximum Gasteiger partial charge on any atom is 0.254 e. The molecule has 1 heterocycles. The average molecular weight is 417 g/mol. The van der Waals surface area contributed by atoms with Crippen LogP contribution in [0.4, 0.5) is 5.69 Å². The van der Waals surface area contributed by atoms with Crippen LogP contribution in [0.15, 0.2) is 54.6 Å². The number of ether oxygens (including phenoxy) is 1. The van der Waals surface area contributed by atoms with Gasteiger partial charge in [-0.05, 0) is 61.4 Å². The van der Waals surface area contributed by atoms with E-state index in [2.05, 4.69) is 5.32 Å². The average Bonchev–Trinajstić information content (AvgIpc) is 2.81. The van der Waals surface area contributed by atoms with Crippen LogP contribution in [-0.2, 0) is 4.79 Å². The molecule has 2 amide bonds. The van der Waals surface area contributed by atoms with E-state index < -0.39 is 0 Å². The van der Waals surface area contributed by atoms with Crippen LogP contribution in [0.2, 0.25) is 0 Å². The molecule has 0 aliphatic carbocycles. The van der Waals surface area contributed by atoms with Crippen molar-refractivity contribution in [2.45, 2.75) is 26.7 Å². The lowest BCUT2D eigenvalue weighted by molar-refractivity contribution is -0.121. The number of benzene rings is 3. The minimum absolute atomic E-state index is 0.0224. The summed E-state index contributed by atoms with van der Waals surface area (Å²) >= 11 is 0. The molecule has 0 saturated carbocycles. The van der Waals surface area contributed by atoms with Gasteiger partial charge in [-0.25, -0.2) is 0 Å². The second-order valence-electron chi connectivity index (χ2n) is 8.19. The Bertz CT molecular complexity index is 1140. The number of anilines is 1. The van der Waals surface area contributed by atoms with Crippen molar-refractivity contribution in [2.75, 3.05) is 25.5 Å².